The minimum atomic E-state index is -0.0765. The normalized spacial score (nSPS) is 22.1. The molecule has 0 spiro atoms. The number of halogens is 1. The summed E-state index contributed by atoms with van der Waals surface area (Å²) < 4.78 is 15.0. The Balaban J connectivity index is 0.000000237. The van der Waals surface area contributed by atoms with Gasteiger partial charge >= 0.3 is 0 Å². The number of hydrogen-bond donors (Lipinski definition) is 0. The Bertz CT molecular complexity index is 1490. The molecule has 0 aromatic heterocycles. The van der Waals surface area contributed by atoms with Gasteiger partial charge in [-0.15, -0.1) is 0 Å². The highest BCUT2D eigenvalue weighted by Gasteiger charge is 2.21. The first kappa shape index (κ1) is 39.6. The monoisotopic (exact) mass is 675 g/mol. The van der Waals surface area contributed by atoms with Gasteiger partial charge in [0.25, 0.3) is 0 Å². The predicted octanol–water partition coefficient (Wildman–Crippen LogP) is 15.6. The lowest BCUT2D eigenvalue weighted by Gasteiger charge is -2.26. The lowest BCUT2D eigenvalue weighted by atomic mass is 9.79. The summed E-state index contributed by atoms with van der Waals surface area (Å²) in [6.45, 7) is 15.7. The minimum Gasteiger partial charge on any atom is -0.206 e. The molecule has 0 radical (unpaired) electrons. The topological polar surface area (TPSA) is 0 Å². The molecule has 3 aromatic carbocycles. The first-order chi connectivity index (χ1) is 24.2. The van der Waals surface area contributed by atoms with Gasteiger partial charge in [-0.25, -0.2) is 4.39 Å². The molecule has 50 heavy (non-hydrogen) atoms. The largest absolute Gasteiger partial charge is 0.206 e. The minimum absolute atomic E-state index is 0.0765. The van der Waals surface area contributed by atoms with Gasteiger partial charge < -0.3 is 0 Å². The van der Waals surface area contributed by atoms with Crippen LogP contribution in [0.2, 0.25) is 0 Å². The summed E-state index contributed by atoms with van der Waals surface area (Å²) in [6.07, 6.45) is 26.0. The molecule has 2 fully saturated rings. The molecule has 3 aromatic rings. The number of hydrogen-bond acceptors (Lipinski definition) is 0. The molecule has 0 N–H and O–H groups in total. The molecule has 0 bridgehead atoms. The van der Waals surface area contributed by atoms with Crippen LogP contribution in [-0.4, -0.2) is 0 Å². The molecule has 0 nitrogen and oxygen atoms in total. The maximum Gasteiger partial charge on any atom is 0.131 e. The van der Waals surface area contributed by atoms with Crippen LogP contribution in [0.1, 0.15) is 166 Å². The highest BCUT2D eigenvalue weighted by Crippen LogP contribution is 2.38. The molecule has 2 saturated carbocycles. The van der Waals surface area contributed by atoms with Gasteiger partial charge in [-0.05, 0) is 122 Å². The van der Waals surface area contributed by atoms with Crippen LogP contribution >= 0.6 is 0 Å². The van der Waals surface area contributed by atoms with E-state index in [1.165, 1.54) is 85.6 Å². The van der Waals surface area contributed by atoms with Gasteiger partial charge in [0.15, 0.2) is 0 Å². The molecule has 1 unspecified atom stereocenters. The third-order valence-corrected chi connectivity index (χ3v) is 11.4. The average molecular weight is 675 g/mol. The van der Waals surface area contributed by atoms with Crippen LogP contribution < -0.4 is 0 Å². The Labute approximate surface area is 306 Å². The van der Waals surface area contributed by atoms with E-state index in [0.29, 0.717) is 17.8 Å². The predicted molar refractivity (Wildman–Crippen MR) is 218 cm³/mol. The van der Waals surface area contributed by atoms with Gasteiger partial charge in [0.2, 0.25) is 0 Å². The second-order valence-electron chi connectivity index (χ2n) is 16.2. The third kappa shape index (κ3) is 12.5. The summed E-state index contributed by atoms with van der Waals surface area (Å²) >= 11 is 0. The van der Waals surface area contributed by atoms with Crippen molar-refractivity contribution in [2.45, 2.75) is 143 Å². The summed E-state index contributed by atoms with van der Waals surface area (Å²) in [5, 5.41) is 0. The van der Waals surface area contributed by atoms with Crippen LogP contribution in [-0.2, 0) is 0 Å². The Morgan fingerprint density at radius 2 is 1.30 bits per heavy atom. The van der Waals surface area contributed by atoms with Gasteiger partial charge in [-0.3, -0.25) is 0 Å². The zero-order valence-corrected chi connectivity index (χ0v) is 32.6. The Morgan fingerprint density at radius 3 is 1.80 bits per heavy atom. The van der Waals surface area contributed by atoms with E-state index in [9.17, 15) is 0 Å². The van der Waals surface area contributed by atoms with Crippen molar-refractivity contribution in [2.75, 3.05) is 0 Å². The van der Waals surface area contributed by atoms with Gasteiger partial charge in [0, 0.05) is 5.56 Å². The molecule has 270 valence electrons. The van der Waals surface area contributed by atoms with Crippen molar-refractivity contribution in [3.05, 3.63) is 125 Å². The molecule has 1 heteroatoms. The van der Waals surface area contributed by atoms with E-state index in [4.69, 9.17) is 0 Å². The highest BCUT2D eigenvalue weighted by molar-refractivity contribution is 5.65. The lowest BCUT2D eigenvalue weighted by molar-refractivity contribution is 0.348. The maximum atomic E-state index is 15.0. The Hall–Kier alpha value is -3.19. The number of rotatable bonds is 12. The fraction of sp³-hybridized carbons (Fsp3) is 0.510. The summed E-state index contributed by atoms with van der Waals surface area (Å²) in [5.74, 6) is 4.36. The number of benzene rings is 3. The first-order valence-corrected chi connectivity index (χ1v) is 20.1. The molecule has 1 atom stereocenters. The molecule has 5 rings (SSSR count). The summed E-state index contributed by atoms with van der Waals surface area (Å²) in [7, 11) is 0. The van der Waals surface area contributed by atoms with Crippen LogP contribution in [0.25, 0.3) is 17.2 Å². The van der Waals surface area contributed by atoms with Crippen molar-refractivity contribution >= 4 is 6.08 Å². The molecule has 0 aliphatic heterocycles. The van der Waals surface area contributed by atoms with Crippen molar-refractivity contribution in [2.24, 2.45) is 17.8 Å². The zero-order chi connectivity index (χ0) is 35.9. The average Bonchev–Trinajstić information content (AvgIpc) is 3.11. The standard InChI is InChI=1S/C28H39F.C21H28/c1-5-6-22(10-7-20(2)3)26-17-18-27(28(29)19-26)25-15-13-24(14-16-25)23-11-8-21(4)9-12-23;1-4-6-17(2)7-5-8-19-11-15-21(16-12-19)20-13-9-18(3)10-14-20/h13-23H,5-12H2,1-4H3;4-8,11-12,15-16,18,20H,9-10,13-14H2,1-3H3/b;6-4-,8-5+,17-7-. The zero-order valence-electron chi connectivity index (χ0n) is 32.6. The fourth-order valence-corrected chi connectivity index (χ4v) is 8.01. The lowest BCUT2D eigenvalue weighted by Crippen LogP contribution is -2.10. The van der Waals surface area contributed by atoms with E-state index >= 15 is 4.39 Å². The van der Waals surface area contributed by atoms with Crippen molar-refractivity contribution in [1.82, 2.24) is 0 Å². The smallest absolute Gasteiger partial charge is 0.131 e. The van der Waals surface area contributed by atoms with E-state index in [-0.39, 0.29) is 5.82 Å². The quantitative estimate of drug-likeness (QED) is 0.168. The van der Waals surface area contributed by atoms with E-state index in [1.807, 2.05) is 13.0 Å². The number of allylic oxidation sites excluding steroid dienone is 5. The van der Waals surface area contributed by atoms with Gasteiger partial charge in [0.05, 0.1) is 0 Å². The van der Waals surface area contributed by atoms with Crippen LogP contribution in [0.4, 0.5) is 4.39 Å². The van der Waals surface area contributed by atoms with Crippen LogP contribution in [0, 0.1) is 23.6 Å². The van der Waals surface area contributed by atoms with Crippen molar-refractivity contribution in [3.63, 3.8) is 0 Å². The van der Waals surface area contributed by atoms with Crippen molar-refractivity contribution < 1.29 is 4.39 Å². The Morgan fingerprint density at radius 1 is 0.740 bits per heavy atom. The van der Waals surface area contributed by atoms with E-state index in [2.05, 4.69) is 127 Å². The SMILES string of the molecule is CCCC(CCC(C)C)c1ccc(-c2ccc(C3CCC(C)CC3)cc2)c(F)c1.C\C=C/C(C)=C\C=C\c1ccc(C2CCC(C)CC2)cc1. The van der Waals surface area contributed by atoms with E-state index in [0.717, 1.165) is 48.1 Å². The van der Waals surface area contributed by atoms with Gasteiger partial charge in [-0.1, -0.05) is 170 Å². The fourth-order valence-electron chi connectivity index (χ4n) is 8.01. The van der Waals surface area contributed by atoms with Gasteiger partial charge in [-0.2, -0.15) is 0 Å². The first-order valence-electron chi connectivity index (χ1n) is 20.1. The second kappa shape index (κ2) is 20.6. The van der Waals surface area contributed by atoms with Crippen LogP contribution in [0.3, 0.4) is 0 Å². The molecular formula is C49H67F. The van der Waals surface area contributed by atoms with Crippen molar-refractivity contribution in [3.8, 4) is 11.1 Å². The Kier molecular flexibility index (Phi) is 16.3. The third-order valence-electron chi connectivity index (χ3n) is 11.4. The van der Waals surface area contributed by atoms with Crippen molar-refractivity contribution in [1.29, 1.82) is 0 Å². The molecular weight excluding hydrogens is 608 g/mol. The van der Waals surface area contributed by atoms with E-state index < -0.39 is 0 Å². The molecule has 2 aliphatic rings. The highest BCUT2D eigenvalue weighted by atomic mass is 19.1. The summed E-state index contributed by atoms with van der Waals surface area (Å²) in [4.78, 5) is 0. The van der Waals surface area contributed by atoms with Gasteiger partial charge in [0.1, 0.15) is 5.82 Å². The molecule has 0 saturated heterocycles. The van der Waals surface area contributed by atoms with E-state index in [1.54, 1.807) is 6.07 Å². The summed E-state index contributed by atoms with van der Waals surface area (Å²) in [5.41, 5.74) is 8.41. The molecule has 2 aliphatic carbocycles. The second-order valence-corrected chi connectivity index (χ2v) is 16.2. The molecule has 0 heterocycles. The maximum absolute atomic E-state index is 15.0. The molecule has 0 amide bonds. The van der Waals surface area contributed by atoms with Crippen LogP contribution in [0.5, 0.6) is 0 Å². The van der Waals surface area contributed by atoms with Crippen LogP contribution in [0.15, 0.2) is 96.6 Å². The summed E-state index contributed by atoms with van der Waals surface area (Å²) in [6, 6.07) is 23.8.